The molecule has 0 spiro atoms. The summed E-state index contributed by atoms with van der Waals surface area (Å²) in [6.07, 6.45) is 2.99. The van der Waals surface area contributed by atoms with Crippen LogP contribution in [0, 0.1) is 0 Å². The maximum Gasteiger partial charge on any atom is 0.147 e. The number of hydrogen-bond donors (Lipinski definition) is 2. The molecule has 0 aliphatic heterocycles. The molecule has 3 N–H and O–H groups in total. The van der Waals surface area contributed by atoms with Crippen molar-refractivity contribution >= 4 is 33.0 Å². The first-order valence-electron chi connectivity index (χ1n) is 5.90. The Morgan fingerprint density at radius 3 is 2.37 bits per heavy atom. The van der Waals surface area contributed by atoms with Gasteiger partial charge >= 0.3 is 0 Å². The van der Waals surface area contributed by atoms with Gasteiger partial charge in [-0.15, -0.1) is 0 Å². The van der Waals surface area contributed by atoms with E-state index in [9.17, 15) is 8.42 Å². The summed E-state index contributed by atoms with van der Waals surface area (Å²) in [5.41, 5.74) is 3.51. The number of nitrogens with one attached hydrogen (secondary N) is 1. The number of rotatable bonds is 7. The van der Waals surface area contributed by atoms with Gasteiger partial charge in [-0.1, -0.05) is 29.3 Å². The summed E-state index contributed by atoms with van der Waals surface area (Å²) in [7, 11) is -2.94. The Morgan fingerprint density at radius 2 is 1.89 bits per heavy atom. The SMILES string of the molecule is CS(=O)(=O)CCCC(Cc1c(Cl)cccc1Cl)NN. The molecule has 4 nitrogen and oxygen atoms in total. The van der Waals surface area contributed by atoms with Crippen molar-refractivity contribution in [3.63, 3.8) is 0 Å². The Kier molecular flexibility index (Phi) is 6.56. The Hall–Kier alpha value is -0.330. The predicted octanol–water partition coefficient (Wildman–Crippen LogP) is 2.19. The lowest BCUT2D eigenvalue weighted by molar-refractivity contribution is 0.485. The van der Waals surface area contributed by atoms with Crippen LogP contribution in [0.4, 0.5) is 0 Å². The molecular weight excluding hydrogens is 307 g/mol. The molecule has 1 aromatic rings. The van der Waals surface area contributed by atoms with Crippen LogP contribution in [-0.2, 0) is 16.3 Å². The van der Waals surface area contributed by atoms with Crippen LogP contribution in [-0.4, -0.2) is 26.5 Å². The van der Waals surface area contributed by atoms with E-state index < -0.39 is 9.84 Å². The maximum absolute atomic E-state index is 11.1. The number of sulfone groups is 1. The second kappa shape index (κ2) is 7.45. The quantitative estimate of drug-likeness (QED) is 0.595. The summed E-state index contributed by atoms with van der Waals surface area (Å²) in [5, 5.41) is 1.19. The minimum Gasteiger partial charge on any atom is -0.271 e. The van der Waals surface area contributed by atoms with E-state index in [1.807, 2.05) is 0 Å². The molecule has 1 aromatic carbocycles. The smallest absolute Gasteiger partial charge is 0.147 e. The van der Waals surface area contributed by atoms with E-state index in [1.54, 1.807) is 18.2 Å². The van der Waals surface area contributed by atoms with E-state index >= 15 is 0 Å². The first-order valence-corrected chi connectivity index (χ1v) is 8.72. The summed E-state index contributed by atoms with van der Waals surface area (Å²) in [4.78, 5) is 0. The van der Waals surface area contributed by atoms with Crippen molar-refractivity contribution in [1.29, 1.82) is 0 Å². The summed E-state index contributed by atoms with van der Waals surface area (Å²) < 4.78 is 22.1. The molecule has 0 radical (unpaired) electrons. The first-order chi connectivity index (χ1) is 8.83. The van der Waals surface area contributed by atoms with Crippen molar-refractivity contribution in [1.82, 2.24) is 5.43 Å². The molecule has 0 aromatic heterocycles. The minimum absolute atomic E-state index is 0.0563. The lowest BCUT2D eigenvalue weighted by atomic mass is 10.0. The van der Waals surface area contributed by atoms with E-state index in [4.69, 9.17) is 29.0 Å². The zero-order valence-corrected chi connectivity index (χ0v) is 13.0. The van der Waals surface area contributed by atoms with Gasteiger partial charge < -0.3 is 0 Å². The molecule has 1 unspecified atom stereocenters. The molecule has 0 amide bonds. The van der Waals surface area contributed by atoms with Gasteiger partial charge in [0.15, 0.2) is 0 Å². The highest BCUT2D eigenvalue weighted by Gasteiger charge is 2.14. The van der Waals surface area contributed by atoms with E-state index in [1.165, 1.54) is 6.26 Å². The number of benzene rings is 1. The van der Waals surface area contributed by atoms with E-state index in [0.717, 1.165) is 5.56 Å². The van der Waals surface area contributed by atoms with Crippen LogP contribution in [0.1, 0.15) is 18.4 Å². The van der Waals surface area contributed by atoms with Crippen molar-refractivity contribution in [2.24, 2.45) is 5.84 Å². The molecule has 0 heterocycles. The third kappa shape index (κ3) is 6.10. The summed E-state index contributed by atoms with van der Waals surface area (Å²) in [6, 6.07) is 5.27. The van der Waals surface area contributed by atoms with Gasteiger partial charge in [-0.3, -0.25) is 11.3 Å². The van der Waals surface area contributed by atoms with Gasteiger partial charge in [0, 0.05) is 28.1 Å². The second-order valence-corrected chi connectivity index (χ2v) is 7.61. The van der Waals surface area contributed by atoms with E-state index in [0.29, 0.717) is 29.3 Å². The van der Waals surface area contributed by atoms with Gasteiger partial charge in [-0.25, -0.2) is 8.42 Å². The molecule has 0 aliphatic carbocycles. The fourth-order valence-corrected chi connectivity index (χ4v) is 3.05. The Bertz CT molecular complexity index is 500. The van der Waals surface area contributed by atoms with E-state index in [-0.39, 0.29) is 11.8 Å². The van der Waals surface area contributed by atoms with Crippen LogP contribution in [0.15, 0.2) is 18.2 Å². The van der Waals surface area contributed by atoms with Gasteiger partial charge in [-0.2, -0.15) is 0 Å². The highest BCUT2D eigenvalue weighted by atomic mass is 35.5. The Labute approximate surface area is 124 Å². The molecule has 1 rings (SSSR count). The topological polar surface area (TPSA) is 72.2 Å². The van der Waals surface area contributed by atoms with Crippen LogP contribution in [0.3, 0.4) is 0 Å². The maximum atomic E-state index is 11.1. The number of hydrogen-bond acceptors (Lipinski definition) is 4. The highest BCUT2D eigenvalue weighted by Crippen LogP contribution is 2.26. The van der Waals surface area contributed by atoms with Crippen molar-refractivity contribution in [3.8, 4) is 0 Å². The standard InChI is InChI=1S/C12H18Cl2N2O2S/c1-19(17,18)7-3-4-9(16-15)8-10-11(13)5-2-6-12(10)14/h2,5-6,9,16H,3-4,7-8,15H2,1H3. The lowest BCUT2D eigenvalue weighted by Crippen LogP contribution is -2.37. The largest absolute Gasteiger partial charge is 0.271 e. The highest BCUT2D eigenvalue weighted by molar-refractivity contribution is 7.90. The van der Waals surface area contributed by atoms with Gasteiger partial charge in [0.1, 0.15) is 9.84 Å². The summed E-state index contributed by atoms with van der Waals surface area (Å²) in [6.45, 7) is 0. The Balaban J connectivity index is 2.62. The molecule has 19 heavy (non-hydrogen) atoms. The average Bonchev–Trinajstić information content (AvgIpc) is 2.30. The van der Waals surface area contributed by atoms with Crippen molar-refractivity contribution in [2.75, 3.05) is 12.0 Å². The predicted molar refractivity (Wildman–Crippen MR) is 80.2 cm³/mol. The Morgan fingerprint density at radius 1 is 1.32 bits per heavy atom. The molecule has 0 saturated carbocycles. The van der Waals surface area contributed by atoms with Gasteiger partial charge in [0.05, 0.1) is 0 Å². The average molecular weight is 325 g/mol. The second-order valence-electron chi connectivity index (χ2n) is 4.54. The normalized spacial score (nSPS) is 13.5. The number of nitrogens with two attached hydrogens (primary N) is 1. The monoisotopic (exact) mass is 324 g/mol. The third-order valence-electron chi connectivity index (χ3n) is 2.82. The van der Waals surface area contributed by atoms with Crippen LogP contribution in [0.25, 0.3) is 0 Å². The van der Waals surface area contributed by atoms with Crippen molar-refractivity contribution < 1.29 is 8.42 Å². The van der Waals surface area contributed by atoms with Crippen LogP contribution >= 0.6 is 23.2 Å². The van der Waals surface area contributed by atoms with Gasteiger partial charge in [0.2, 0.25) is 0 Å². The minimum atomic E-state index is -2.94. The van der Waals surface area contributed by atoms with Crippen LogP contribution in [0.2, 0.25) is 10.0 Å². The van der Waals surface area contributed by atoms with Crippen molar-refractivity contribution in [3.05, 3.63) is 33.8 Å². The van der Waals surface area contributed by atoms with Gasteiger partial charge in [0.25, 0.3) is 0 Å². The molecule has 108 valence electrons. The lowest BCUT2D eigenvalue weighted by Gasteiger charge is -2.17. The fourth-order valence-electron chi connectivity index (χ4n) is 1.81. The molecule has 0 aliphatic rings. The molecule has 0 fully saturated rings. The molecule has 0 bridgehead atoms. The number of hydrazine groups is 1. The van der Waals surface area contributed by atoms with Crippen LogP contribution < -0.4 is 11.3 Å². The molecule has 7 heteroatoms. The van der Waals surface area contributed by atoms with Gasteiger partial charge in [-0.05, 0) is 37.0 Å². The number of halogens is 2. The zero-order chi connectivity index (χ0) is 14.5. The van der Waals surface area contributed by atoms with E-state index in [2.05, 4.69) is 5.43 Å². The zero-order valence-electron chi connectivity index (χ0n) is 10.7. The first kappa shape index (κ1) is 16.7. The summed E-state index contributed by atoms with van der Waals surface area (Å²) in [5.74, 6) is 5.64. The third-order valence-corrected chi connectivity index (χ3v) is 4.55. The molecular formula is C12H18Cl2N2O2S. The molecule has 1 atom stereocenters. The summed E-state index contributed by atoms with van der Waals surface area (Å²) >= 11 is 12.2. The van der Waals surface area contributed by atoms with Crippen LogP contribution in [0.5, 0.6) is 0 Å². The van der Waals surface area contributed by atoms with Crippen molar-refractivity contribution in [2.45, 2.75) is 25.3 Å². The molecule has 0 saturated heterocycles. The fraction of sp³-hybridized carbons (Fsp3) is 0.500.